The molecular formula is C10H16O. The number of hydrogen-bond donors (Lipinski definition) is 1. The summed E-state index contributed by atoms with van der Waals surface area (Å²) in [5.41, 5.74) is 1.75. The summed E-state index contributed by atoms with van der Waals surface area (Å²) in [6.45, 7) is 6.68. The molecule has 3 rings (SSSR count). The van der Waals surface area contributed by atoms with Gasteiger partial charge in [0, 0.05) is 0 Å². The van der Waals surface area contributed by atoms with Crippen LogP contribution in [0.3, 0.4) is 0 Å². The van der Waals surface area contributed by atoms with Crippen LogP contribution in [0.25, 0.3) is 0 Å². The standard InChI is InChI=1S/C10H16O/c1-6-4-9(11)8-5-7(6)10(8,2)3/h4,7-9,11H,5H2,1-3H3/t7-,8-,9-/m0/s1. The highest BCUT2D eigenvalue weighted by Crippen LogP contribution is 2.58. The van der Waals surface area contributed by atoms with Gasteiger partial charge in [-0.25, -0.2) is 0 Å². The minimum Gasteiger partial charge on any atom is -0.389 e. The second kappa shape index (κ2) is 1.89. The Bertz CT molecular complexity index is 215. The average molecular weight is 152 g/mol. The zero-order valence-corrected chi connectivity index (χ0v) is 7.46. The Morgan fingerprint density at radius 2 is 2.18 bits per heavy atom. The van der Waals surface area contributed by atoms with Crippen molar-refractivity contribution >= 4 is 0 Å². The van der Waals surface area contributed by atoms with Gasteiger partial charge in [0.25, 0.3) is 0 Å². The lowest BCUT2D eigenvalue weighted by Gasteiger charge is -2.57. The summed E-state index contributed by atoms with van der Waals surface area (Å²) in [5, 5.41) is 9.65. The predicted octanol–water partition coefficient (Wildman–Crippen LogP) is 1.97. The number of aliphatic hydroxyl groups excluding tert-OH is 1. The third-order valence-corrected chi connectivity index (χ3v) is 3.74. The molecule has 1 N–H and O–H groups in total. The fourth-order valence-electron chi connectivity index (χ4n) is 2.81. The summed E-state index contributed by atoms with van der Waals surface area (Å²) in [7, 11) is 0. The van der Waals surface area contributed by atoms with Crippen LogP contribution >= 0.6 is 0 Å². The molecule has 0 saturated heterocycles. The summed E-state index contributed by atoms with van der Waals surface area (Å²) in [6.07, 6.45) is 3.07. The lowest BCUT2D eigenvalue weighted by molar-refractivity contribution is -0.0760. The topological polar surface area (TPSA) is 20.2 Å². The van der Waals surface area contributed by atoms with Gasteiger partial charge in [-0.2, -0.15) is 0 Å². The zero-order chi connectivity index (χ0) is 8.22. The minimum atomic E-state index is -0.171. The number of fused-ring (bicyclic) bond motifs is 1. The molecule has 0 heterocycles. The molecule has 0 aliphatic heterocycles. The number of rotatable bonds is 0. The number of aliphatic hydroxyl groups is 1. The molecule has 1 saturated carbocycles. The van der Waals surface area contributed by atoms with Crippen molar-refractivity contribution in [3.63, 3.8) is 0 Å². The lowest BCUT2D eigenvalue weighted by Crippen LogP contribution is -2.53. The molecule has 3 aliphatic carbocycles. The maximum atomic E-state index is 9.65. The fourth-order valence-corrected chi connectivity index (χ4v) is 2.81. The molecule has 1 nitrogen and oxygen atoms in total. The largest absolute Gasteiger partial charge is 0.389 e. The monoisotopic (exact) mass is 152 g/mol. The third-order valence-electron chi connectivity index (χ3n) is 3.74. The molecule has 0 spiro atoms. The van der Waals surface area contributed by atoms with Crippen molar-refractivity contribution in [2.45, 2.75) is 33.3 Å². The molecule has 3 atom stereocenters. The molecule has 0 unspecified atom stereocenters. The van der Waals surface area contributed by atoms with Crippen molar-refractivity contribution in [1.29, 1.82) is 0 Å². The second-order valence-corrected chi connectivity index (χ2v) is 4.62. The van der Waals surface area contributed by atoms with Crippen LogP contribution in [0.5, 0.6) is 0 Å². The predicted molar refractivity (Wildman–Crippen MR) is 45.1 cm³/mol. The van der Waals surface area contributed by atoms with Crippen LogP contribution < -0.4 is 0 Å². The Hall–Kier alpha value is -0.300. The van der Waals surface area contributed by atoms with E-state index in [0.717, 1.165) is 5.92 Å². The highest BCUT2D eigenvalue weighted by molar-refractivity contribution is 5.24. The van der Waals surface area contributed by atoms with Crippen LogP contribution in [0.2, 0.25) is 0 Å². The SMILES string of the molecule is CC1=C[C@H](O)[C@@H]2C[C@@H]1C2(C)C. The van der Waals surface area contributed by atoms with Gasteiger partial charge in [-0.15, -0.1) is 0 Å². The first kappa shape index (κ1) is 7.35. The van der Waals surface area contributed by atoms with Crippen molar-refractivity contribution in [2.75, 3.05) is 0 Å². The quantitative estimate of drug-likeness (QED) is 0.526. The number of allylic oxidation sites excluding steroid dienone is 1. The van der Waals surface area contributed by atoms with Gasteiger partial charge in [-0.05, 0) is 30.6 Å². The summed E-state index contributed by atoms with van der Waals surface area (Å²) < 4.78 is 0. The molecule has 0 amide bonds. The van der Waals surface area contributed by atoms with Gasteiger partial charge in [-0.1, -0.05) is 25.5 Å². The van der Waals surface area contributed by atoms with Gasteiger partial charge in [-0.3, -0.25) is 0 Å². The van der Waals surface area contributed by atoms with Crippen molar-refractivity contribution in [2.24, 2.45) is 17.3 Å². The van der Waals surface area contributed by atoms with Gasteiger partial charge in [0.2, 0.25) is 0 Å². The van der Waals surface area contributed by atoms with Crippen molar-refractivity contribution in [1.82, 2.24) is 0 Å². The summed E-state index contributed by atoms with van der Waals surface area (Å²) in [6, 6.07) is 0. The molecule has 11 heavy (non-hydrogen) atoms. The van der Waals surface area contributed by atoms with Crippen LogP contribution in [0.1, 0.15) is 27.2 Å². The Kier molecular flexibility index (Phi) is 1.26. The van der Waals surface area contributed by atoms with E-state index in [-0.39, 0.29) is 6.10 Å². The molecule has 1 fully saturated rings. The molecule has 0 aromatic heterocycles. The fraction of sp³-hybridized carbons (Fsp3) is 0.800. The first-order chi connectivity index (χ1) is 5.03. The van der Waals surface area contributed by atoms with E-state index in [2.05, 4.69) is 20.8 Å². The molecule has 62 valence electrons. The first-order valence-electron chi connectivity index (χ1n) is 4.40. The molecule has 2 bridgehead atoms. The minimum absolute atomic E-state index is 0.171. The average Bonchev–Trinajstić information content (AvgIpc) is 1.84. The smallest absolute Gasteiger partial charge is 0.0757 e. The summed E-state index contributed by atoms with van der Waals surface area (Å²) >= 11 is 0. The number of hydrogen-bond acceptors (Lipinski definition) is 1. The summed E-state index contributed by atoms with van der Waals surface area (Å²) in [4.78, 5) is 0. The van der Waals surface area contributed by atoms with Gasteiger partial charge in [0.05, 0.1) is 6.10 Å². The Balaban J connectivity index is 2.34. The second-order valence-electron chi connectivity index (χ2n) is 4.62. The zero-order valence-electron chi connectivity index (χ0n) is 7.46. The van der Waals surface area contributed by atoms with Crippen LogP contribution in [-0.2, 0) is 0 Å². The van der Waals surface area contributed by atoms with E-state index in [9.17, 15) is 5.11 Å². The van der Waals surface area contributed by atoms with E-state index in [1.165, 1.54) is 12.0 Å². The molecular weight excluding hydrogens is 136 g/mol. The molecule has 0 radical (unpaired) electrons. The van der Waals surface area contributed by atoms with Crippen molar-refractivity contribution in [3.8, 4) is 0 Å². The van der Waals surface area contributed by atoms with Gasteiger partial charge >= 0.3 is 0 Å². The van der Waals surface area contributed by atoms with E-state index < -0.39 is 0 Å². The Morgan fingerprint density at radius 1 is 1.55 bits per heavy atom. The van der Waals surface area contributed by atoms with E-state index in [1.807, 2.05) is 6.08 Å². The van der Waals surface area contributed by atoms with Gasteiger partial charge in [0.1, 0.15) is 0 Å². The van der Waals surface area contributed by atoms with E-state index >= 15 is 0 Å². The van der Waals surface area contributed by atoms with Gasteiger partial charge < -0.3 is 5.11 Å². The van der Waals surface area contributed by atoms with E-state index in [0.29, 0.717) is 11.3 Å². The Labute approximate surface area is 68.1 Å². The van der Waals surface area contributed by atoms with E-state index in [1.54, 1.807) is 0 Å². The molecule has 3 aliphatic rings. The van der Waals surface area contributed by atoms with Crippen molar-refractivity contribution in [3.05, 3.63) is 11.6 Å². The van der Waals surface area contributed by atoms with E-state index in [4.69, 9.17) is 0 Å². The first-order valence-corrected chi connectivity index (χ1v) is 4.40. The van der Waals surface area contributed by atoms with Crippen LogP contribution in [0, 0.1) is 17.3 Å². The highest BCUT2D eigenvalue weighted by atomic mass is 16.3. The normalized spacial score (nSPS) is 46.2. The molecule has 0 aromatic carbocycles. The van der Waals surface area contributed by atoms with Crippen LogP contribution in [-0.4, -0.2) is 11.2 Å². The van der Waals surface area contributed by atoms with Crippen molar-refractivity contribution < 1.29 is 5.11 Å². The highest BCUT2D eigenvalue weighted by Gasteiger charge is 2.53. The Morgan fingerprint density at radius 3 is 2.55 bits per heavy atom. The maximum Gasteiger partial charge on any atom is 0.0757 e. The van der Waals surface area contributed by atoms with Crippen LogP contribution in [0.15, 0.2) is 11.6 Å². The molecule has 0 aromatic rings. The summed E-state index contributed by atoms with van der Waals surface area (Å²) in [5.74, 6) is 1.27. The molecule has 1 heteroatoms. The lowest BCUT2D eigenvalue weighted by atomic mass is 9.48. The maximum absolute atomic E-state index is 9.65. The van der Waals surface area contributed by atoms with Gasteiger partial charge in [0.15, 0.2) is 0 Å². The third kappa shape index (κ3) is 0.750. The van der Waals surface area contributed by atoms with Crippen LogP contribution in [0.4, 0.5) is 0 Å².